The molecule has 3 nitrogen and oxygen atoms in total. The van der Waals surface area contributed by atoms with E-state index in [9.17, 15) is 4.79 Å². The minimum absolute atomic E-state index is 0.141. The first-order valence-electron chi connectivity index (χ1n) is 4.86. The van der Waals surface area contributed by atoms with Crippen molar-refractivity contribution in [3.05, 3.63) is 41.5 Å². The Kier molecular flexibility index (Phi) is 3.92. The lowest BCUT2D eigenvalue weighted by molar-refractivity contribution is -0.116. The van der Waals surface area contributed by atoms with Crippen LogP contribution in [0.4, 0.5) is 5.69 Å². The van der Waals surface area contributed by atoms with E-state index >= 15 is 0 Å². The Morgan fingerprint density at radius 3 is 2.53 bits per heavy atom. The van der Waals surface area contributed by atoms with Gasteiger partial charge in [0.15, 0.2) is 0 Å². The summed E-state index contributed by atoms with van der Waals surface area (Å²) in [6.45, 7) is 5.75. The maximum absolute atomic E-state index is 11.3. The molecule has 0 unspecified atom stereocenters. The highest BCUT2D eigenvalue weighted by molar-refractivity contribution is 5.89. The van der Waals surface area contributed by atoms with Gasteiger partial charge in [0, 0.05) is 6.08 Å². The molecule has 0 aliphatic rings. The highest BCUT2D eigenvalue weighted by Crippen LogP contribution is 2.11. The topological polar surface area (TPSA) is 41.1 Å². The first-order valence-corrected chi connectivity index (χ1v) is 4.86. The molecule has 0 radical (unpaired) electrons. The van der Waals surface area contributed by atoms with Gasteiger partial charge in [-0.3, -0.25) is 15.6 Å². The van der Waals surface area contributed by atoms with Crippen LogP contribution in [-0.2, 0) is 4.79 Å². The molecule has 0 bridgehead atoms. The van der Waals surface area contributed by atoms with Gasteiger partial charge in [-0.15, -0.1) is 0 Å². The second-order valence-electron chi connectivity index (χ2n) is 3.65. The Hall–Kier alpha value is -1.77. The van der Waals surface area contributed by atoms with Crippen LogP contribution in [0.25, 0.3) is 0 Å². The average Bonchev–Trinajstić information content (AvgIpc) is 2.15. The molecule has 0 saturated heterocycles. The van der Waals surface area contributed by atoms with Gasteiger partial charge in [-0.25, -0.2) is 0 Å². The summed E-state index contributed by atoms with van der Waals surface area (Å²) in [7, 11) is 0. The number of rotatable bonds is 3. The van der Waals surface area contributed by atoms with Crippen molar-refractivity contribution < 1.29 is 4.79 Å². The monoisotopic (exact) mass is 204 g/mol. The van der Waals surface area contributed by atoms with Crippen molar-refractivity contribution in [2.45, 2.75) is 20.8 Å². The van der Waals surface area contributed by atoms with Crippen molar-refractivity contribution in [3.63, 3.8) is 0 Å². The smallest absolute Gasteiger partial charge is 0.262 e. The van der Waals surface area contributed by atoms with Crippen LogP contribution in [0.15, 0.2) is 35.9 Å². The molecule has 15 heavy (non-hydrogen) atoms. The molecule has 1 rings (SSSR count). The highest BCUT2D eigenvalue weighted by atomic mass is 16.2. The highest BCUT2D eigenvalue weighted by Gasteiger charge is 1.97. The molecule has 0 aliphatic heterocycles. The van der Waals surface area contributed by atoms with Crippen LogP contribution in [0.5, 0.6) is 0 Å². The zero-order chi connectivity index (χ0) is 11.3. The number of anilines is 1. The zero-order valence-electron chi connectivity index (χ0n) is 9.29. The SMILES string of the molecule is CC(C)=CC(=O)NNc1ccccc1C. The summed E-state index contributed by atoms with van der Waals surface area (Å²) in [5, 5.41) is 0. The minimum Gasteiger partial charge on any atom is -0.298 e. The number of para-hydroxylation sites is 1. The lowest BCUT2D eigenvalue weighted by Crippen LogP contribution is -2.28. The molecular weight excluding hydrogens is 188 g/mol. The van der Waals surface area contributed by atoms with Crippen LogP contribution < -0.4 is 10.9 Å². The van der Waals surface area contributed by atoms with E-state index in [1.165, 1.54) is 0 Å². The summed E-state index contributed by atoms with van der Waals surface area (Å²) in [6.07, 6.45) is 1.55. The third-order valence-corrected chi connectivity index (χ3v) is 1.89. The predicted octanol–water partition coefficient (Wildman–Crippen LogP) is 2.40. The van der Waals surface area contributed by atoms with Crippen LogP contribution in [0.3, 0.4) is 0 Å². The molecule has 0 spiro atoms. The third kappa shape index (κ3) is 3.85. The van der Waals surface area contributed by atoms with E-state index in [-0.39, 0.29) is 5.91 Å². The number of amides is 1. The minimum atomic E-state index is -0.141. The molecule has 0 fully saturated rings. The molecule has 0 atom stereocenters. The fraction of sp³-hybridized carbons (Fsp3) is 0.250. The molecule has 0 aliphatic carbocycles. The van der Waals surface area contributed by atoms with E-state index in [0.29, 0.717) is 0 Å². The molecule has 1 amide bonds. The second kappa shape index (κ2) is 5.20. The zero-order valence-corrected chi connectivity index (χ0v) is 9.29. The number of hydrogen-bond acceptors (Lipinski definition) is 2. The number of hydrogen-bond donors (Lipinski definition) is 2. The van der Waals surface area contributed by atoms with E-state index in [1.54, 1.807) is 6.08 Å². The molecule has 3 heteroatoms. The van der Waals surface area contributed by atoms with E-state index in [4.69, 9.17) is 0 Å². The third-order valence-electron chi connectivity index (χ3n) is 1.89. The van der Waals surface area contributed by atoms with Gasteiger partial charge >= 0.3 is 0 Å². The van der Waals surface area contributed by atoms with Gasteiger partial charge in [0.2, 0.25) is 0 Å². The number of aryl methyl sites for hydroxylation is 1. The van der Waals surface area contributed by atoms with Crippen molar-refractivity contribution in [2.75, 3.05) is 5.43 Å². The lowest BCUT2D eigenvalue weighted by Gasteiger charge is -2.09. The summed E-state index contributed by atoms with van der Waals surface area (Å²) in [5.41, 5.74) is 8.45. The van der Waals surface area contributed by atoms with E-state index in [1.807, 2.05) is 45.0 Å². The molecule has 1 aromatic carbocycles. The normalized spacial score (nSPS) is 9.27. The van der Waals surface area contributed by atoms with Crippen molar-refractivity contribution in [2.24, 2.45) is 0 Å². The Balaban J connectivity index is 2.55. The summed E-state index contributed by atoms with van der Waals surface area (Å²) >= 11 is 0. The quantitative estimate of drug-likeness (QED) is 0.586. The van der Waals surface area contributed by atoms with Crippen molar-refractivity contribution >= 4 is 11.6 Å². The van der Waals surface area contributed by atoms with Crippen LogP contribution in [0.1, 0.15) is 19.4 Å². The van der Waals surface area contributed by atoms with E-state index < -0.39 is 0 Å². The lowest BCUT2D eigenvalue weighted by atomic mass is 10.2. The molecule has 0 heterocycles. The Bertz CT molecular complexity index is 379. The fourth-order valence-electron chi connectivity index (χ4n) is 1.14. The molecule has 0 aromatic heterocycles. The van der Waals surface area contributed by atoms with Crippen LogP contribution in [-0.4, -0.2) is 5.91 Å². The van der Waals surface area contributed by atoms with E-state index in [2.05, 4.69) is 10.9 Å². The summed E-state index contributed by atoms with van der Waals surface area (Å²) < 4.78 is 0. The summed E-state index contributed by atoms with van der Waals surface area (Å²) in [4.78, 5) is 11.3. The Morgan fingerprint density at radius 1 is 1.27 bits per heavy atom. The van der Waals surface area contributed by atoms with Gasteiger partial charge < -0.3 is 0 Å². The van der Waals surface area contributed by atoms with Gasteiger partial charge in [0.1, 0.15) is 0 Å². The molecule has 1 aromatic rings. The molecule has 2 N–H and O–H groups in total. The molecular formula is C12H16N2O. The Morgan fingerprint density at radius 2 is 1.93 bits per heavy atom. The number of hydrazine groups is 1. The molecule has 80 valence electrons. The van der Waals surface area contributed by atoms with Gasteiger partial charge in [-0.05, 0) is 32.4 Å². The van der Waals surface area contributed by atoms with Crippen molar-refractivity contribution in [3.8, 4) is 0 Å². The number of allylic oxidation sites excluding steroid dienone is 1. The number of carbonyl (C=O) groups excluding carboxylic acids is 1. The van der Waals surface area contributed by atoms with Gasteiger partial charge in [0.25, 0.3) is 5.91 Å². The first-order chi connectivity index (χ1) is 7.09. The first kappa shape index (κ1) is 11.3. The van der Waals surface area contributed by atoms with Crippen LogP contribution in [0.2, 0.25) is 0 Å². The number of carbonyl (C=O) groups is 1. The standard InChI is InChI=1S/C12H16N2O/c1-9(2)8-12(15)14-13-11-7-5-4-6-10(11)3/h4-8,13H,1-3H3,(H,14,15). The largest absolute Gasteiger partial charge is 0.298 e. The fourth-order valence-corrected chi connectivity index (χ4v) is 1.14. The second-order valence-corrected chi connectivity index (χ2v) is 3.65. The predicted molar refractivity (Wildman–Crippen MR) is 62.4 cm³/mol. The number of nitrogens with one attached hydrogen (secondary N) is 2. The summed E-state index contributed by atoms with van der Waals surface area (Å²) in [5.74, 6) is -0.141. The Labute approximate surface area is 90.2 Å². The van der Waals surface area contributed by atoms with E-state index in [0.717, 1.165) is 16.8 Å². The maximum atomic E-state index is 11.3. The van der Waals surface area contributed by atoms with Gasteiger partial charge in [0.05, 0.1) is 5.69 Å². The van der Waals surface area contributed by atoms with Crippen LogP contribution in [0, 0.1) is 6.92 Å². The number of benzene rings is 1. The van der Waals surface area contributed by atoms with Gasteiger partial charge in [-0.1, -0.05) is 23.8 Å². The van der Waals surface area contributed by atoms with Crippen molar-refractivity contribution in [1.29, 1.82) is 0 Å². The van der Waals surface area contributed by atoms with Gasteiger partial charge in [-0.2, -0.15) is 0 Å². The maximum Gasteiger partial charge on any atom is 0.262 e. The molecule has 0 saturated carbocycles. The van der Waals surface area contributed by atoms with Crippen LogP contribution >= 0.6 is 0 Å². The summed E-state index contributed by atoms with van der Waals surface area (Å²) in [6, 6.07) is 7.77. The average molecular weight is 204 g/mol. The van der Waals surface area contributed by atoms with Crippen molar-refractivity contribution in [1.82, 2.24) is 5.43 Å².